The summed E-state index contributed by atoms with van der Waals surface area (Å²) in [5.74, 6) is 2.06. The van der Waals surface area contributed by atoms with Gasteiger partial charge in [0.25, 0.3) is 0 Å². The van der Waals surface area contributed by atoms with E-state index in [1.54, 1.807) is 97.1 Å². The van der Waals surface area contributed by atoms with Crippen LogP contribution in [0, 0.1) is 13.8 Å². The highest BCUT2D eigenvalue weighted by molar-refractivity contribution is 7.91. The molecule has 7 aromatic rings. The second-order valence-corrected chi connectivity index (χ2v) is 17.0. The van der Waals surface area contributed by atoms with E-state index in [4.69, 9.17) is 9.47 Å². The SMILES string of the molecule is Cc1ccc(S(=O)(=O)c2ccc(Oc3ccc(S(=O)(=O)c4ccc(Cc5ccc(C)c(C(=O)c6ccc(Oc7ccccc7)cc6)c5)cc4)cc3)cc2)cc1. The second-order valence-electron chi connectivity index (χ2n) is 13.1. The average Bonchev–Trinajstić information content (AvgIpc) is 3.20. The minimum Gasteiger partial charge on any atom is -0.457 e. The summed E-state index contributed by atoms with van der Waals surface area (Å²) in [5, 5.41) is 0. The number of sulfone groups is 2. The predicted octanol–water partition coefficient (Wildman–Crippen LogP) is 10.4. The summed E-state index contributed by atoms with van der Waals surface area (Å²) in [5.41, 5.74) is 4.79. The van der Waals surface area contributed by atoms with Crippen molar-refractivity contribution < 1.29 is 31.1 Å². The summed E-state index contributed by atoms with van der Waals surface area (Å²) in [7, 11) is -7.50. The Kier molecular flexibility index (Phi) is 10.5. The van der Waals surface area contributed by atoms with Crippen molar-refractivity contribution in [2.75, 3.05) is 0 Å². The van der Waals surface area contributed by atoms with Crippen LogP contribution in [-0.4, -0.2) is 22.6 Å². The van der Waals surface area contributed by atoms with Gasteiger partial charge in [-0.2, -0.15) is 0 Å². The number of benzene rings is 7. The molecule has 7 nitrogen and oxygen atoms in total. The number of carbonyl (C=O) groups excluding carboxylic acids is 1. The first-order chi connectivity index (χ1) is 26.5. The van der Waals surface area contributed by atoms with Crippen molar-refractivity contribution in [2.24, 2.45) is 0 Å². The number of ether oxygens (including phenoxy) is 2. The van der Waals surface area contributed by atoms with Crippen molar-refractivity contribution in [3.63, 3.8) is 0 Å². The maximum absolute atomic E-state index is 13.5. The van der Waals surface area contributed by atoms with Gasteiger partial charge in [0.2, 0.25) is 19.7 Å². The molecule has 0 radical (unpaired) electrons. The molecule has 0 N–H and O–H groups in total. The molecular formula is C46H36O7S2. The van der Waals surface area contributed by atoms with Gasteiger partial charge in [0.05, 0.1) is 19.6 Å². The zero-order chi connectivity index (χ0) is 38.6. The van der Waals surface area contributed by atoms with Crippen molar-refractivity contribution in [3.05, 3.63) is 203 Å². The first-order valence-corrected chi connectivity index (χ1v) is 20.4. The molecular weight excluding hydrogens is 729 g/mol. The largest absolute Gasteiger partial charge is 0.457 e. The predicted molar refractivity (Wildman–Crippen MR) is 212 cm³/mol. The van der Waals surface area contributed by atoms with Crippen molar-refractivity contribution in [1.82, 2.24) is 0 Å². The van der Waals surface area contributed by atoms with E-state index in [1.165, 1.54) is 24.3 Å². The van der Waals surface area contributed by atoms with Gasteiger partial charge in [-0.25, -0.2) is 16.8 Å². The Balaban J connectivity index is 0.986. The van der Waals surface area contributed by atoms with E-state index in [-0.39, 0.29) is 25.4 Å². The van der Waals surface area contributed by atoms with Crippen molar-refractivity contribution >= 4 is 25.5 Å². The summed E-state index contributed by atoms with van der Waals surface area (Å²) in [6.45, 7) is 3.80. The highest BCUT2D eigenvalue weighted by Crippen LogP contribution is 2.29. The zero-order valence-electron chi connectivity index (χ0n) is 30.0. The Labute approximate surface area is 321 Å². The van der Waals surface area contributed by atoms with Gasteiger partial charge in [-0.3, -0.25) is 4.79 Å². The summed E-state index contributed by atoms with van der Waals surface area (Å²) < 4.78 is 64.7. The van der Waals surface area contributed by atoms with Crippen molar-refractivity contribution in [3.8, 4) is 23.0 Å². The van der Waals surface area contributed by atoms with Crippen LogP contribution in [0.15, 0.2) is 189 Å². The van der Waals surface area contributed by atoms with E-state index in [9.17, 15) is 21.6 Å². The second kappa shape index (κ2) is 15.6. The van der Waals surface area contributed by atoms with E-state index in [1.807, 2.05) is 62.4 Å². The molecule has 0 saturated carbocycles. The van der Waals surface area contributed by atoms with Gasteiger partial charge in [-0.05, 0) is 152 Å². The van der Waals surface area contributed by atoms with Crippen LogP contribution in [0.5, 0.6) is 23.0 Å². The number of hydrogen-bond acceptors (Lipinski definition) is 7. The molecule has 9 heteroatoms. The molecule has 0 saturated heterocycles. The van der Waals surface area contributed by atoms with Crippen LogP contribution in [0.1, 0.15) is 38.2 Å². The van der Waals surface area contributed by atoms with E-state index >= 15 is 0 Å². The number of carbonyl (C=O) groups is 1. The summed E-state index contributed by atoms with van der Waals surface area (Å²) >= 11 is 0. The highest BCUT2D eigenvalue weighted by Gasteiger charge is 2.20. The average molecular weight is 765 g/mol. The van der Waals surface area contributed by atoms with Gasteiger partial charge in [0.1, 0.15) is 23.0 Å². The molecule has 0 atom stereocenters. The first kappa shape index (κ1) is 37.0. The molecule has 0 fully saturated rings. The summed E-state index contributed by atoms with van der Waals surface area (Å²) in [6.07, 6.45) is 0.510. The van der Waals surface area contributed by atoms with Gasteiger partial charge in [0.15, 0.2) is 5.78 Å². The topological polar surface area (TPSA) is 104 Å². The van der Waals surface area contributed by atoms with Gasteiger partial charge in [-0.15, -0.1) is 0 Å². The van der Waals surface area contributed by atoms with Gasteiger partial charge < -0.3 is 9.47 Å². The van der Waals surface area contributed by atoms with Gasteiger partial charge in [-0.1, -0.05) is 60.2 Å². The molecule has 7 rings (SSSR count). The number of rotatable bonds is 12. The standard InChI is InChI=1S/C46H36O7S2/c1-32-8-22-41(23-9-32)54(48,49)43-26-18-39(19-27-43)53-40-20-28-44(29-21-40)55(50,51)42-24-12-34(13-25-42)30-35-11-10-33(2)45(31-35)46(47)36-14-16-38(17-15-36)52-37-6-4-3-5-7-37/h3-29,31H,30H2,1-2H3. The van der Waals surface area contributed by atoms with Crippen LogP contribution in [-0.2, 0) is 26.1 Å². The number of para-hydroxylation sites is 1. The Morgan fingerprint density at radius 3 is 1.35 bits per heavy atom. The monoisotopic (exact) mass is 764 g/mol. The molecule has 0 aliphatic heterocycles. The molecule has 0 unspecified atom stereocenters. The lowest BCUT2D eigenvalue weighted by atomic mass is 9.95. The number of aryl methyl sites for hydroxylation is 2. The van der Waals surface area contributed by atoms with Crippen LogP contribution < -0.4 is 9.47 Å². The quantitative estimate of drug-likeness (QED) is 0.114. The van der Waals surface area contributed by atoms with Gasteiger partial charge >= 0.3 is 0 Å². The molecule has 0 amide bonds. The first-order valence-electron chi connectivity index (χ1n) is 17.5. The Bertz CT molecular complexity index is 2670. The lowest BCUT2D eigenvalue weighted by Crippen LogP contribution is -2.05. The molecule has 0 aliphatic carbocycles. The fourth-order valence-corrected chi connectivity index (χ4v) is 8.52. The normalized spacial score (nSPS) is 11.5. The molecule has 0 aliphatic rings. The Morgan fingerprint density at radius 2 is 0.855 bits per heavy atom. The molecule has 55 heavy (non-hydrogen) atoms. The molecule has 0 heterocycles. The maximum Gasteiger partial charge on any atom is 0.206 e. The van der Waals surface area contributed by atoms with Crippen LogP contribution in [0.4, 0.5) is 0 Å². The molecule has 0 bridgehead atoms. The van der Waals surface area contributed by atoms with E-state index in [0.717, 1.165) is 22.3 Å². The minimum atomic E-state index is -3.82. The smallest absolute Gasteiger partial charge is 0.206 e. The highest BCUT2D eigenvalue weighted by atomic mass is 32.2. The van der Waals surface area contributed by atoms with Gasteiger partial charge in [0, 0.05) is 11.1 Å². The van der Waals surface area contributed by atoms with Crippen molar-refractivity contribution in [2.45, 2.75) is 39.9 Å². The maximum atomic E-state index is 13.5. The Morgan fingerprint density at radius 1 is 0.455 bits per heavy atom. The minimum absolute atomic E-state index is 0.0919. The lowest BCUT2D eigenvalue weighted by molar-refractivity contribution is 0.103. The fraction of sp³-hybridized carbons (Fsp3) is 0.0652. The third kappa shape index (κ3) is 8.44. The summed E-state index contributed by atoms with van der Waals surface area (Å²) in [4.78, 5) is 14.1. The molecule has 7 aromatic carbocycles. The Hall–Kier alpha value is -6.29. The molecule has 0 aromatic heterocycles. The number of hydrogen-bond donors (Lipinski definition) is 0. The zero-order valence-corrected chi connectivity index (χ0v) is 31.7. The number of ketones is 1. The van der Waals surface area contributed by atoms with E-state index in [2.05, 4.69) is 0 Å². The summed E-state index contributed by atoms with van der Waals surface area (Å²) in [6, 6.07) is 47.8. The van der Waals surface area contributed by atoms with Crippen LogP contribution in [0.25, 0.3) is 0 Å². The van der Waals surface area contributed by atoms with Crippen LogP contribution in [0.3, 0.4) is 0 Å². The molecule has 0 spiro atoms. The lowest BCUT2D eigenvalue weighted by Gasteiger charge is -2.11. The van der Waals surface area contributed by atoms with E-state index < -0.39 is 19.7 Å². The third-order valence-electron chi connectivity index (χ3n) is 9.12. The van der Waals surface area contributed by atoms with Crippen LogP contribution in [0.2, 0.25) is 0 Å². The molecule has 274 valence electrons. The van der Waals surface area contributed by atoms with Crippen molar-refractivity contribution in [1.29, 1.82) is 0 Å². The van der Waals surface area contributed by atoms with Crippen LogP contribution >= 0.6 is 0 Å². The third-order valence-corrected chi connectivity index (χ3v) is 12.7. The fourth-order valence-electron chi connectivity index (χ4n) is 6.00. The van der Waals surface area contributed by atoms with E-state index in [0.29, 0.717) is 40.5 Å².